The van der Waals surface area contributed by atoms with E-state index in [1.165, 1.54) is 4.90 Å². The van der Waals surface area contributed by atoms with E-state index in [2.05, 4.69) is 21.2 Å². The summed E-state index contributed by atoms with van der Waals surface area (Å²) >= 11 is 9.51. The fourth-order valence-corrected chi connectivity index (χ4v) is 2.86. The predicted octanol–water partition coefficient (Wildman–Crippen LogP) is 1.60. The first-order valence-electron chi connectivity index (χ1n) is 6.60. The van der Waals surface area contributed by atoms with Crippen molar-refractivity contribution in [2.75, 3.05) is 33.7 Å². The van der Waals surface area contributed by atoms with Crippen LogP contribution >= 0.6 is 27.5 Å². The van der Waals surface area contributed by atoms with Crippen LogP contribution in [0.3, 0.4) is 0 Å². The summed E-state index contributed by atoms with van der Waals surface area (Å²) < 4.78 is 0.667. The van der Waals surface area contributed by atoms with Gasteiger partial charge in [-0.15, -0.1) is 0 Å². The van der Waals surface area contributed by atoms with Gasteiger partial charge in [-0.2, -0.15) is 0 Å². The number of nitrogens with zero attached hydrogens (tertiary/aromatic N) is 2. The van der Waals surface area contributed by atoms with Crippen LogP contribution in [0.5, 0.6) is 0 Å². The zero-order chi connectivity index (χ0) is 15.6. The number of carbonyl (C=O) groups is 2. The van der Waals surface area contributed by atoms with Crippen molar-refractivity contribution in [2.45, 2.75) is 6.04 Å². The largest absolute Gasteiger partial charge is 0.347 e. The molecule has 0 radical (unpaired) electrons. The van der Waals surface area contributed by atoms with Crippen molar-refractivity contribution < 1.29 is 9.59 Å². The van der Waals surface area contributed by atoms with E-state index < -0.39 is 6.04 Å². The van der Waals surface area contributed by atoms with Crippen LogP contribution in [0.15, 0.2) is 22.7 Å². The SMILES string of the molecule is CN(C)C(=O)C1CNCCN1C(=O)c1cccc(Br)c1Cl. The topological polar surface area (TPSA) is 52.7 Å². The lowest BCUT2D eigenvalue weighted by molar-refractivity contribution is -0.134. The molecule has 0 bridgehead atoms. The molecule has 1 atom stereocenters. The lowest BCUT2D eigenvalue weighted by atomic mass is 10.1. The first-order valence-corrected chi connectivity index (χ1v) is 7.77. The van der Waals surface area contributed by atoms with Crippen LogP contribution in [0, 0.1) is 0 Å². The maximum atomic E-state index is 12.7. The van der Waals surface area contributed by atoms with E-state index in [0.29, 0.717) is 34.7 Å². The van der Waals surface area contributed by atoms with Crippen LogP contribution in [0.2, 0.25) is 5.02 Å². The van der Waals surface area contributed by atoms with Crippen LogP contribution in [0.1, 0.15) is 10.4 Å². The molecule has 5 nitrogen and oxygen atoms in total. The molecule has 7 heteroatoms. The molecule has 1 saturated heterocycles. The van der Waals surface area contributed by atoms with Gasteiger partial charge >= 0.3 is 0 Å². The molecule has 114 valence electrons. The predicted molar refractivity (Wildman–Crippen MR) is 85.5 cm³/mol. The van der Waals surface area contributed by atoms with Crippen molar-refractivity contribution in [1.29, 1.82) is 0 Å². The number of amides is 2. The van der Waals surface area contributed by atoms with Crippen LogP contribution in [0.4, 0.5) is 0 Å². The molecule has 1 aliphatic rings. The van der Waals surface area contributed by atoms with Crippen LogP contribution in [-0.4, -0.2) is 61.4 Å². The second-order valence-electron chi connectivity index (χ2n) is 5.05. The molecule has 2 rings (SSSR count). The summed E-state index contributed by atoms with van der Waals surface area (Å²) in [6.07, 6.45) is 0. The van der Waals surface area contributed by atoms with E-state index in [1.54, 1.807) is 37.2 Å². The second-order valence-corrected chi connectivity index (χ2v) is 6.28. The monoisotopic (exact) mass is 373 g/mol. The summed E-state index contributed by atoms with van der Waals surface area (Å²) in [7, 11) is 3.37. The molecule has 1 aromatic rings. The van der Waals surface area contributed by atoms with Gasteiger partial charge in [0.2, 0.25) is 5.91 Å². The Hall–Kier alpha value is -1.11. The quantitative estimate of drug-likeness (QED) is 0.855. The molecule has 1 aliphatic heterocycles. The molecule has 1 aromatic carbocycles. The third kappa shape index (κ3) is 3.39. The number of rotatable bonds is 2. The number of piperazine rings is 1. The van der Waals surface area contributed by atoms with Crippen molar-refractivity contribution in [3.63, 3.8) is 0 Å². The summed E-state index contributed by atoms with van der Waals surface area (Å²) in [4.78, 5) is 28.1. The lowest BCUT2D eigenvalue weighted by Gasteiger charge is -2.36. The van der Waals surface area contributed by atoms with Crippen LogP contribution < -0.4 is 5.32 Å². The number of carbonyl (C=O) groups excluding carboxylic acids is 2. The third-order valence-electron chi connectivity index (χ3n) is 3.41. The Morgan fingerprint density at radius 2 is 2.14 bits per heavy atom. The zero-order valence-corrected chi connectivity index (χ0v) is 14.2. The normalized spacial score (nSPS) is 18.5. The van der Waals surface area contributed by atoms with Gasteiger partial charge in [-0.25, -0.2) is 0 Å². The number of halogens is 2. The van der Waals surface area contributed by atoms with Gasteiger partial charge in [-0.05, 0) is 28.1 Å². The lowest BCUT2D eigenvalue weighted by Crippen LogP contribution is -2.59. The van der Waals surface area contributed by atoms with Gasteiger partial charge in [0.25, 0.3) is 5.91 Å². The second kappa shape index (κ2) is 6.77. The highest BCUT2D eigenvalue weighted by atomic mass is 79.9. The number of hydrogen-bond donors (Lipinski definition) is 1. The van der Waals surface area contributed by atoms with E-state index in [1.807, 2.05) is 0 Å². The van der Waals surface area contributed by atoms with E-state index in [4.69, 9.17) is 11.6 Å². The number of likely N-dealkylation sites (N-methyl/N-ethyl adjacent to an activating group) is 1. The first-order chi connectivity index (χ1) is 9.93. The molecule has 1 heterocycles. The Morgan fingerprint density at radius 1 is 1.43 bits per heavy atom. The van der Waals surface area contributed by atoms with Gasteiger partial charge in [0.1, 0.15) is 6.04 Å². The Kier molecular flexibility index (Phi) is 5.24. The number of benzene rings is 1. The average Bonchev–Trinajstić information content (AvgIpc) is 2.48. The molecule has 21 heavy (non-hydrogen) atoms. The Morgan fingerprint density at radius 3 is 2.81 bits per heavy atom. The van der Waals surface area contributed by atoms with E-state index in [9.17, 15) is 9.59 Å². The Balaban J connectivity index is 2.31. The molecular weight excluding hydrogens is 358 g/mol. The molecule has 1 fully saturated rings. The third-order valence-corrected chi connectivity index (χ3v) is 4.71. The summed E-state index contributed by atoms with van der Waals surface area (Å²) in [6.45, 7) is 1.59. The fourth-order valence-electron chi connectivity index (χ4n) is 2.29. The molecule has 0 aliphatic carbocycles. The summed E-state index contributed by atoms with van der Waals surface area (Å²) in [5.74, 6) is -0.315. The number of nitrogens with one attached hydrogen (secondary N) is 1. The summed E-state index contributed by atoms with van der Waals surface area (Å²) in [5.41, 5.74) is 0.407. The van der Waals surface area contributed by atoms with Crippen molar-refractivity contribution in [3.8, 4) is 0 Å². The molecule has 2 amide bonds. The first kappa shape index (κ1) is 16.3. The van der Waals surface area contributed by atoms with Gasteiger partial charge in [0.15, 0.2) is 0 Å². The van der Waals surface area contributed by atoms with Gasteiger partial charge in [0.05, 0.1) is 10.6 Å². The highest BCUT2D eigenvalue weighted by Crippen LogP contribution is 2.27. The summed E-state index contributed by atoms with van der Waals surface area (Å²) in [6, 6.07) is 4.71. The Bertz CT molecular complexity index is 565. The van der Waals surface area contributed by atoms with E-state index in [-0.39, 0.29) is 11.8 Å². The zero-order valence-electron chi connectivity index (χ0n) is 11.9. The van der Waals surface area contributed by atoms with Crippen LogP contribution in [-0.2, 0) is 4.79 Å². The molecule has 1 N–H and O–H groups in total. The van der Waals surface area contributed by atoms with Gasteiger partial charge < -0.3 is 15.1 Å². The van der Waals surface area contributed by atoms with Gasteiger partial charge in [-0.1, -0.05) is 17.7 Å². The van der Waals surface area contributed by atoms with Crippen molar-refractivity contribution in [2.24, 2.45) is 0 Å². The average molecular weight is 375 g/mol. The van der Waals surface area contributed by atoms with Crippen molar-refractivity contribution >= 4 is 39.3 Å². The van der Waals surface area contributed by atoms with Crippen LogP contribution in [0.25, 0.3) is 0 Å². The minimum Gasteiger partial charge on any atom is -0.347 e. The molecule has 1 unspecified atom stereocenters. The molecule has 0 saturated carbocycles. The fraction of sp³-hybridized carbons (Fsp3) is 0.429. The van der Waals surface area contributed by atoms with Gasteiger partial charge in [-0.3, -0.25) is 9.59 Å². The minimum atomic E-state index is -0.503. The summed E-state index contributed by atoms with van der Waals surface area (Å²) in [5, 5.41) is 3.52. The Labute approximate surface area is 137 Å². The maximum absolute atomic E-state index is 12.7. The highest BCUT2D eigenvalue weighted by molar-refractivity contribution is 9.10. The highest BCUT2D eigenvalue weighted by Gasteiger charge is 2.34. The minimum absolute atomic E-state index is 0.0957. The van der Waals surface area contributed by atoms with Crippen molar-refractivity contribution in [3.05, 3.63) is 33.3 Å². The molecule has 0 aromatic heterocycles. The van der Waals surface area contributed by atoms with E-state index in [0.717, 1.165) is 0 Å². The van der Waals surface area contributed by atoms with Gasteiger partial charge in [0, 0.05) is 38.2 Å². The van der Waals surface area contributed by atoms with Crippen molar-refractivity contribution in [1.82, 2.24) is 15.1 Å². The number of hydrogen-bond acceptors (Lipinski definition) is 3. The molecular formula is C14H17BrClN3O2. The maximum Gasteiger partial charge on any atom is 0.256 e. The van der Waals surface area contributed by atoms with E-state index >= 15 is 0 Å². The standard InChI is InChI=1S/C14H17BrClN3O2/c1-18(2)14(21)11-8-17-6-7-19(11)13(20)9-4-3-5-10(15)12(9)16/h3-5,11,17H,6-8H2,1-2H3. The smallest absolute Gasteiger partial charge is 0.256 e. The molecule has 0 spiro atoms.